The number of hydrogen-bond donors (Lipinski definition) is 2. The molecule has 0 radical (unpaired) electrons. The molecule has 1 heterocycles. The lowest BCUT2D eigenvalue weighted by molar-refractivity contribution is 0.343. The first-order valence-corrected chi connectivity index (χ1v) is 6.10. The third-order valence-electron chi connectivity index (χ3n) is 3.41. The Kier molecular flexibility index (Phi) is 3.80. The fourth-order valence-corrected chi connectivity index (χ4v) is 2.43. The molecule has 1 fully saturated rings. The SMILES string of the molecule is NCc1cccc(N)c1CCN1CCCC1. The Labute approximate surface area is 97.4 Å². The van der Waals surface area contributed by atoms with Crippen molar-refractivity contribution >= 4 is 5.69 Å². The topological polar surface area (TPSA) is 55.3 Å². The van der Waals surface area contributed by atoms with Crippen molar-refractivity contribution in [1.82, 2.24) is 4.90 Å². The van der Waals surface area contributed by atoms with Crippen LogP contribution in [0.25, 0.3) is 0 Å². The monoisotopic (exact) mass is 219 g/mol. The molecule has 3 nitrogen and oxygen atoms in total. The largest absolute Gasteiger partial charge is 0.398 e. The van der Waals surface area contributed by atoms with Crippen LogP contribution in [0.3, 0.4) is 0 Å². The predicted molar refractivity (Wildman–Crippen MR) is 68.1 cm³/mol. The first-order valence-electron chi connectivity index (χ1n) is 6.10. The molecule has 1 aliphatic rings. The minimum Gasteiger partial charge on any atom is -0.398 e. The standard InChI is InChI=1S/C13H21N3/c14-10-11-4-3-5-13(15)12(11)6-9-16-7-1-2-8-16/h3-5H,1-2,6-10,14-15H2. The molecule has 0 aliphatic carbocycles. The lowest BCUT2D eigenvalue weighted by atomic mass is 10.0. The third kappa shape index (κ3) is 2.54. The molecule has 88 valence electrons. The Morgan fingerprint density at radius 1 is 1.19 bits per heavy atom. The summed E-state index contributed by atoms with van der Waals surface area (Å²) in [6.45, 7) is 4.18. The predicted octanol–water partition coefficient (Wildman–Crippen LogP) is 1.37. The highest BCUT2D eigenvalue weighted by atomic mass is 15.1. The van der Waals surface area contributed by atoms with Gasteiger partial charge in [0.25, 0.3) is 0 Å². The highest BCUT2D eigenvalue weighted by Crippen LogP contribution is 2.18. The summed E-state index contributed by atoms with van der Waals surface area (Å²) in [4.78, 5) is 2.51. The van der Waals surface area contributed by atoms with Crippen molar-refractivity contribution in [2.45, 2.75) is 25.8 Å². The number of rotatable bonds is 4. The zero-order valence-electron chi connectivity index (χ0n) is 9.78. The van der Waals surface area contributed by atoms with E-state index in [-0.39, 0.29) is 0 Å². The van der Waals surface area contributed by atoms with Crippen LogP contribution in [-0.4, -0.2) is 24.5 Å². The summed E-state index contributed by atoms with van der Waals surface area (Å²) >= 11 is 0. The van der Waals surface area contributed by atoms with E-state index in [1.807, 2.05) is 12.1 Å². The van der Waals surface area contributed by atoms with Crippen LogP contribution in [0.4, 0.5) is 5.69 Å². The second-order valence-corrected chi connectivity index (χ2v) is 4.49. The summed E-state index contributed by atoms with van der Waals surface area (Å²) in [6.07, 6.45) is 3.71. The van der Waals surface area contributed by atoms with E-state index >= 15 is 0 Å². The maximum absolute atomic E-state index is 6.01. The summed E-state index contributed by atoms with van der Waals surface area (Å²) in [5, 5.41) is 0. The number of hydrogen-bond acceptors (Lipinski definition) is 3. The van der Waals surface area contributed by atoms with Crippen LogP contribution in [0.1, 0.15) is 24.0 Å². The second kappa shape index (κ2) is 5.32. The van der Waals surface area contributed by atoms with Gasteiger partial charge in [0.1, 0.15) is 0 Å². The van der Waals surface area contributed by atoms with Gasteiger partial charge in [0.2, 0.25) is 0 Å². The van der Waals surface area contributed by atoms with Gasteiger partial charge < -0.3 is 16.4 Å². The molecule has 1 aromatic rings. The molecule has 0 unspecified atom stereocenters. The molecule has 0 aromatic heterocycles. The third-order valence-corrected chi connectivity index (χ3v) is 3.41. The van der Waals surface area contributed by atoms with E-state index in [1.165, 1.54) is 37.1 Å². The molecular weight excluding hydrogens is 198 g/mol. The van der Waals surface area contributed by atoms with E-state index in [2.05, 4.69) is 11.0 Å². The van der Waals surface area contributed by atoms with E-state index in [1.54, 1.807) is 0 Å². The van der Waals surface area contributed by atoms with Gasteiger partial charge in [0, 0.05) is 18.8 Å². The smallest absolute Gasteiger partial charge is 0.0350 e. The highest BCUT2D eigenvalue weighted by Gasteiger charge is 2.12. The maximum atomic E-state index is 6.01. The Bertz CT molecular complexity index is 343. The van der Waals surface area contributed by atoms with E-state index in [9.17, 15) is 0 Å². The number of nitrogen functional groups attached to an aromatic ring is 1. The molecule has 3 heteroatoms. The molecule has 0 amide bonds. The average Bonchev–Trinajstić information content (AvgIpc) is 2.80. The minimum atomic E-state index is 0.584. The number of anilines is 1. The fourth-order valence-electron chi connectivity index (χ4n) is 2.43. The lowest BCUT2D eigenvalue weighted by Crippen LogP contribution is -2.23. The summed E-state index contributed by atoms with van der Waals surface area (Å²) in [6, 6.07) is 6.03. The molecular formula is C13H21N3. The van der Waals surface area contributed by atoms with Gasteiger partial charge in [-0.3, -0.25) is 0 Å². The first kappa shape index (κ1) is 11.4. The number of likely N-dealkylation sites (tertiary alicyclic amines) is 1. The van der Waals surface area contributed by atoms with Crippen molar-refractivity contribution < 1.29 is 0 Å². The second-order valence-electron chi connectivity index (χ2n) is 4.49. The van der Waals surface area contributed by atoms with Crippen molar-refractivity contribution in [3.05, 3.63) is 29.3 Å². The van der Waals surface area contributed by atoms with E-state index in [4.69, 9.17) is 11.5 Å². The van der Waals surface area contributed by atoms with Crippen LogP contribution in [0.2, 0.25) is 0 Å². The van der Waals surface area contributed by atoms with Crippen molar-refractivity contribution in [3.63, 3.8) is 0 Å². The van der Waals surface area contributed by atoms with Crippen LogP contribution in [0, 0.1) is 0 Å². The van der Waals surface area contributed by atoms with E-state index in [0.717, 1.165) is 18.7 Å². The normalized spacial score (nSPS) is 16.8. The summed E-state index contributed by atoms with van der Waals surface area (Å²) < 4.78 is 0. The van der Waals surface area contributed by atoms with Gasteiger partial charge in [-0.1, -0.05) is 12.1 Å². The fraction of sp³-hybridized carbons (Fsp3) is 0.538. The molecule has 2 rings (SSSR count). The van der Waals surface area contributed by atoms with Crippen LogP contribution >= 0.6 is 0 Å². The molecule has 1 aliphatic heterocycles. The molecule has 1 aromatic carbocycles. The van der Waals surface area contributed by atoms with Crippen molar-refractivity contribution in [2.24, 2.45) is 5.73 Å². The zero-order chi connectivity index (χ0) is 11.4. The maximum Gasteiger partial charge on any atom is 0.0350 e. The van der Waals surface area contributed by atoms with Crippen LogP contribution in [0.15, 0.2) is 18.2 Å². The Morgan fingerprint density at radius 3 is 2.62 bits per heavy atom. The van der Waals surface area contributed by atoms with Crippen molar-refractivity contribution in [1.29, 1.82) is 0 Å². The summed E-state index contributed by atoms with van der Waals surface area (Å²) in [5.41, 5.74) is 15.1. The van der Waals surface area contributed by atoms with Gasteiger partial charge in [-0.25, -0.2) is 0 Å². The van der Waals surface area contributed by atoms with Crippen LogP contribution in [0.5, 0.6) is 0 Å². The Morgan fingerprint density at radius 2 is 1.94 bits per heavy atom. The first-order chi connectivity index (χ1) is 7.81. The number of nitrogens with two attached hydrogens (primary N) is 2. The van der Waals surface area contributed by atoms with Gasteiger partial charge >= 0.3 is 0 Å². The van der Waals surface area contributed by atoms with Gasteiger partial charge in [-0.15, -0.1) is 0 Å². The van der Waals surface area contributed by atoms with Gasteiger partial charge in [0.05, 0.1) is 0 Å². The molecule has 0 bridgehead atoms. The molecule has 1 saturated heterocycles. The van der Waals surface area contributed by atoms with E-state index < -0.39 is 0 Å². The van der Waals surface area contributed by atoms with Crippen LogP contribution < -0.4 is 11.5 Å². The van der Waals surface area contributed by atoms with Gasteiger partial charge in [-0.05, 0) is 49.5 Å². The minimum absolute atomic E-state index is 0.584. The van der Waals surface area contributed by atoms with Crippen molar-refractivity contribution in [3.8, 4) is 0 Å². The van der Waals surface area contributed by atoms with Crippen molar-refractivity contribution in [2.75, 3.05) is 25.4 Å². The molecule has 4 N–H and O–H groups in total. The van der Waals surface area contributed by atoms with E-state index in [0.29, 0.717) is 6.54 Å². The lowest BCUT2D eigenvalue weighted by Gasteiger charge is -2.17. The zero-order valence-corrected chi connectivity index (χ0v) is 9.78. The molecule has 0 saturated carbocycles. The quantitative estimate of drug-likeness (QED) is 0.752. The van der Waals surface area contributed by atoms with Gasteiger partial charge in [0.15, 0.2) is 0 Å². The Hall–Kier alpha value is -1.06. The number of nitrogens with zero attached hydrogens (tertiary/aromatic N) is 1. The average molecular weight is 219 g/mol. The highest BCUT2D eigenvalue weighted by molar-refractivity contribution is 5.51. The summed E-state index contributed by atoms with van der Waals surface area (Å²) in [5.74, 6) is 0. The van der Waals surface area contributed by atoms with Gasteiger partial charge in [-0.2, -0.15) is 0 Å². The summed E-state index contributed by atoms with van der Waals surface area (Å²) in [7, 11) is 0. The molecule has 0 atom stereocenters. The number of benzene rings is 1. The Balaban J connectivity index is 2.01. The van der Waals surface area contributed by atoms with Crippen LogP contribution in [-0.2, 0) is 13.0 Å². The molecule has 0 spiro atoms. The molecule has 16 heavy (non-hydrogen) atoms.